The fraction of sp³-hybridized carbons (Fsp3) is 0.786. The largest absolute Gasteiger partial charge is 0.394 e. The Hall–Kier alpha value is -0.870. The normalized spacial score (nSPS) is 18.3. The van der Waals surface area contributed by atoms with Crippen LogP contribution in [0.2, 0.25) is 0 Å². The van der Waals surface area contributed by atoms with E-state index in [2.05, 4.69) is 14.9 Å². The van der Waals surface area contributed by atoms with Crippen molar-refractivity contribution < 1.29 is 5.11 Å². The lowest BCUT2D eigenvalue weighted by molar-refractivity contribution is 0.164. The van der Waals surface area contributed by atoms with Crippen LogP contribution >= 0.6 is 0 Å². The molecular formula is C14H25N3O. The number of nitrogens with one attached hydrogen (secondary N) is 1. The summed E-state index contributed by atoms with van der Waals surface area (Å²) < 4.78 is 2.19. The number of aryl methyl sites for hydroxylation is 2. The lowest BCUT2D eigenvalue weighted by atomic mass is 9.99. The zero-order valence-electron chi connectivity index (χ0n) is 11.4. The Kier molecular flexibility index (Phi) is 4.78. The van der Waals surface area contributed by atoms with E-state index in [-0.39, 0.29) is 12.1 Å². The van der Waals surface area contributed by atoms with Crippen LogP contribution < -0.4 is 5.32 Å². The summed E-state index contributed by atoms with van der Waals surface area (Å²) in [5.74, 6) is 1.09. The van der Waals surface area contributed by atoms with Crippen LogP contribution in [0.15, 0.2) is 12.4 Å². The molecule has 0 spiro atoms. The molecule has 2 N–H and O–H groups in total. The van der Waals surface area contributed by atoms with Crippen LogP contribution in [-0.4, -0.2) is 33.3 Å². The van der Waals surface area contributed by atoms with E-state index in [0.717, 1.165) is 44.6 Å². The van der Waals surface area contributed by atoms with E-state index in [4.69, 9.17) is 0 Å². The van der Waals surface area contributed by atoms with Crippen molar-refractivity contribution in [3.63, 3.8) is 0 Å². The first kappa shape index (κ1) is 13.6. The summed E-state index contributed by atoms with van der Waals surface area (Å²) in [5, 5.41) is 13.0. The quantitative estimate of drug-likeness (QED) is 0.727. The average Bonchev–Trinajstić information content (AvgIpc) is 3.00. The Balaban J connectivity index is 1.62. The summed E-state index contributed by atoms with van der Waals surface area (Å²) in [6.07, 6.45) is 11.0. The second-order valence-electron chi connectivity index (χ2n) is 5.45. The van der Waals surface area contributed by atoms with Crippen LogP contribution in [0.25, 0.3) is 0 Å². The number of aliphatic hydroxyl groups excluding tert-OH is 1. The summed E-state index contributed by atoms with van der Waals surface area (Å²) in [4.78, 5) is 4.22. The van der Waals surface area contributed by atoms with E-state index in [1.54, 1.807) is 0 Å². The first-order chi connectivity index (χ1) is 8.76. The van der Waals surface area contributed by atoms with E-state index in [0.29, 0.717) is 0 Å². The molecule has 0 aliphatic heterocycles. The molecule has 0 atom stereocenters. The van der Waals surface area contributed by atoms with Crippen molar-refractivity contribution in [2.75, 3.05) is 13.2 Å². The molecule has 0 amide bonds. The van der Waals surface area contributed by atoms with Gasteiger partial charge in [0.25, 0.3) is 0 Å². The highest BCUT2D eigenvalue weighted by atomic mass is 16.3. The molecule has 1 aliphatic carbocycles. The zero-order chi connectivity index (χ0) is 12.8. The molecule has 102 valence electrons. The molecular weight excluding hydrogens is 226 g/mol. The van der Waals surface area contributed by atoms with Crippen LogP contribution in [0.1, 0.15) is 44.3 Å². The maximum Gasteiger partial charge on any atom is 0.105 e. The molecule has 0 unspecified atom stereocenters. The van der Waals surface area contributed by atoms with Gasteiger partial charge in [-0.25, -0.2) is 4.98 Å². The molecule has 1 aromatic rings. The van der Waals surface area contributed by atoms with Crippen LogP contribution in [0, 0.1) is 6.92 Å². The lowest BCUT2D eigenvalue weighted by Gasteiger charge is -2.28. The predicted octanol–water partition coefficient (Wildman–Crippen LogP) is 1.87. The fourth-order valence-electron chi connectivity index (χ4n) is 2.84. The van der Waals surface area contributed by atoms with Gasteiger partial charge in [-0.2, -0.15) is 0 Å². The van der Waals surface area contributed by atoms with Crippen molar-refractivity contribution in [1.29, 1.82) is 0 Å². The molecule has 1 aromatic heterocycles. The van der Waals surface area contributed by atoms with Gasteiger partial charge in [0.1, 0.15) is 5.82 Å². The van der Waals surface area contributed by atoms with E-state index in [1.165, 1.54) is 12.8 Å². The van der Waals surface area contributed by atoms with Crippen molar-refractivity contribution in [3.8, 4) is 0 Å². The Morgan fingerprint density at radius 1 is 1.39 bits per heavy atom. The Bertz CT molecular complexity index is 356. The number of imidazole rings is 1. The molecule has 1 heterocycles. The third-order valence-electron chi connectivity index (χ3n) is 4.11. The third kappa shape index (κ3) is 3.33. The van der Waals surface area contributed by atoms with E-state index in [9.17, 15) is 5.11 Å². The minimum atomic E-state index is 0.0327. The van der Waals surface area contributed by atoms with Gasteiger partial charge in [0.05, 0.1) is 6.61 Å². The van der Waals surface area contributed by atoms with Gasteiger partial charge < -0.3 is 15.0 Å². The summed E-state index contributed by atoms with van der Waals surface area (Å²) >= 11 is 0. The SMILES string of the molecule is Cc1nccn1CCCCNC1(CO)CCCC1. The molecule has 0 radical (unpaired) electrons. The molecule has 4 heteroatoms. The highest BCUT2D eigenvalue weighted by Gasteiger charge is 2.31. The summed E-state index contributed by atoms with van der Waals surface area (Å²) in [7, 11) is 0. The molecule has 0 saturated heterocycles. The van der Waals surface area contributed by atoms with Crippen LogP contribution in [-0.2, 0) is 6.54 Å². The van der Waals surface area contributed by atoms with E-state index < -0.39 is 0 Å². The minimum absolute atomic E-state index is 0.0327. The summed E-state index contributed by atoms with van der Waals surface area (Å²) in [5.41, 5.74) is 0.0327. The summed E-state index contributed by atoms with van der Waals surface area (Å²) in [6, 6.07) is 0. The van der Waals surface area contributed by atoms with Gasteiger partial charge >= 0.3 is 0 Å². The molecule has 0 bridgehead atoms. The monoisotopic (exact) mass is 251 g/mol. The number of hydrogen-bond donors (Lipinski definition) is 2. The van der Waals surface area contributed by atoms with Crippen molar-refractivity contribution in [1.82, 2.24) is 14.9 Å². The molecule has 4 nitrogen and oxygen atoms in total. The number of aliphatic hydroxyl groups is 1. The number of unbranched alkanes of at least 4 members (excludes halogenated alkanes) is 1. The van der Waals surface area contributed by atoms with Gasteiger partial charge in [-0.05, 0) is 39.2 Å². The third-order valence-corrected chi connectivity index (χ3v) is 4.11. The number of hydrogen-bond acceptors (Lipinski definition) is 3. The van der Waals surface area contributed by atoms with Gasteiger partial charge in [-0.15, -0.1) is 0 Å². The number of aromatic nitrogens is 2. The molecule has 2 rings (SSSR count). The van der Waals surface area contributed by atoms with Gasteiger partial charge in [0, 0.05) is 24.5 Å². The Morgan fingerprint density at radius 2 is 2.17 bits per heavy atom. The average molecular weight is 251 g/mol. The fourth-order valence-corrected chi connectivity index (χ4v) is 2.84. The topological polar surface area (TPSA) is 50.1 Å². The molecule has 0 aromatic carbocycles. The van der Waals surface area contributed by atoms with Crippen molar-refractivity contribution >= 4 is 0 Å². The Morgan fingerprint density at radius 3 is 2.78 bits per heavy atom. The van der Waals surface area contributed by atoms with Crippen molar-refractivity contribution in [2.45, 2.75) is 57.5 Å². The first-order valence-corrected chi connectivity index (χ1v) is 7.09. The highest BCUT2D eigenvalue weighted by molar-refractivity contribution is 4.92. The number of nitrogens with zero attached hydrogens (tertiary/aromatic N) is 2. The van der Waals surface area contributed by atoms with Crippen LogP contribution in [0.3, 0.4) is 0 Å². The minimum Gasteiger partial charge on any atom is -0.394 e. The van der Waals surface area contributed by atoms with Crippen LogP contribution in [0.5, 0.6) is 0 Å². The maximum absolute atomic E-state index is 9.48. The van der Waals surface area contributed by atoms with Crippen molar-refractivity contribution in [3.05, 3.63) is 18.2 Å². The molecule has 1 saturated carbocycles. The van der Waals surface area contributed by atoms with Crippen molar-refractivity contribution in [2.24, 2.45) is 0 Å². The van der Waals surface area contributed by atoms with Crippen LogP contribution in [0.4, 0.5) is 0 Å². The number of rotatable bonds is 7. The van der Waals surface area contributed by atoms with E-state index in [1.807, 2.05) is 19.3 Å². The molecule has 1 aliphatic rings. The first-order valence-electron chi connectivity index (χ1n) is 7.09. The van der Waals surface area contributed by atoms with Gasteiger partial charge in [0.15, 0.2) is 0 Å². The van der Waals surface area contributed by atoms with Gasteiger partial charge in [-0.1, -0.05) is 12.8 Å². The van der Waals surface area contributed by atoms with E-state index >= 15 is 0 Å². The second-order valence-corrected chi connectivity index (χ2v) is 5.45. The smallest absolute Gasteiger partial charge is 0.105 e. The van der Waals surface area contributed by atoms with Gasteiger partial charge in [0.2, 0.25) is 0 Å². The lowest BCUT2D eigenvalue weighted by Crippen LogP contribution is -2.46. The standard InChI is InChI=1S/C14H25N3O/c1-13-15-9-11-17(13)10-5-4-8-16-14(12-18)6-2-3-7-14/h9,11,16,18H,2-8,10,12H2,1H3. The molecule has 1 fully saturated rings. The highest BCUT2D eigenvalue weighted by Crippen LogP contribution is 2.28. The zero-order valence-corrected chi connectivity index (χ0v) is 11.4. The van der Waals surface area contributed by atoms with Gasteiger partial charge in [-0.3, -0.25) is 0 Å². The second kappa shape index (κ2) is 6.34. The maximum atomic E-state index is 9.48. The molecule has 18 heavy (non-hydrogen) atoms. The predicted molar refractivity (Wildman–Crippen MR) is 72.5 cm³/mol. The Labute approximate surface area is 109 Å². The summed E-state index contributed by atoms with van der Waals surface area (Å²) in [6.45, 7) is 4.37.